The zero-order valence-corrected chi connectivity index (χ0v) is 7.13. The van der Waals surface area contributed by atoms with Crippen molar-refractivity contribution in [2.75, 3.05) is 7.05 Å². The molecule has 1 aliphatic rings. The van der Waals surface area contributed by atoms with E-state index in [0.717, 1.165) is 12.8 Å². The van der Waals surface area contributed by atoms with Gasteiger partial charge < -0.3 is 5.32 Å². The van der Waals surface area contributed by atoms with E-state index in [4.69, 9.17) is 0 Å². The standard InChI is InChI=1S/C9H15NO/c1-7-5-3-4-6-8(7)9(11)10-2/h3-4,7-8H,5-6H2,1-2H3,(H,10,11)/t7-,8+/m0/s1. The van der Waals surface area contributed by atoms with Crippen LogP contribution in [0.2, 0.25) is 0 Å². The molecule has 2 heteroatoms. The molecule has 2 nitrogen and oxygen atoms in total. The number of hydrogen-bond donors (Lipinski definition) is 1. The molecule has 0 saturated carbocycles. The maximum absolute atomic E-state index is 11.2. The number of allylic oxidation sites excluding steroid dienone is 2. The second-order valence-corrected chi connectivity index (χ2v) is 3.14. The van der Waals surface area contributed by atoms with Crippen LogP contribution in [0, 0.1) is 11.8 Å². The first-order valence-corrected chi connectivity index (χ1v) is 4.12. The number of nitrogens with one attached hydrogen (secondary N) is 1. The van der Waals surface area contributed by atoms with Crippen LogP contribution in [0.5, 0.6) is 0 Å². The lowest BCUT2D eigenvalue weighted by Gasteiger charge is -2.23. The van der Waals surface area contributed by atoms with Crippen molar-refractivity contribution in [3.8, 4) is 0 Å². The highest BCUT2D eigenvalue weighted by Crippen LogP contribution is 2.24. The Bertz CT molecular complexity index is 174. The van der Waals surface area contributed by atoms with Crippen LogP contribution in [-0.4, -0.2) is 13.0 Å². The fourth-order valence-corrected chi connectivity index (χ4v) is 1.50. The number of amides is 1. The highest BCUT2D eigenvalue weighted by Gasteiger charge is 2.23. The van der Waals surface area contributed by atoms with Gasteiger partial charge in [-0.3, -0.25) is 4.79 Å². The number of carbonyl (C=O) groups is 1. The Morgan fingerprint density at radius 1 is 1.45 bits per heavy atom. The summed E-state index contributed by atoms with van der Waals surface area (Å²) in [4.78, 5) is 11.2. The summed E-state index contributed by atoms with van der Waals surface area (Å²) >= 11 is 0. The van der Waals surface area contributed by atoms with Crippen molar-refractivity contribution < 1.29 is 4.79 Å². The number of hydrogen-bond acceptors (Lipinski definition) is 1. The highest BCUT2D eigenvalue weighted by molar-refractivity contribution is 5.78. The van der Waals surface area contributed by atoms with Gasteiger partial charge >= 0.3 is 0 Å². The first kappa shape index (κ1) is 8.31. The molecule has 0 fully saturated rings. The summed E-state index contributed by atoms with van der Waals surface area (Å²) in [6.45, 7) is 2.13. The third-order valence-corrected chi connectivity index (χ3v) is 2.33. The van der Waals surface area contributed by atoms with E-state index in [1.165, 1.54) is 0 Å². The highest BCUT2D eigenvalue weighted by atomic mass is 16.1. The van der Waals surface area contributed by atoms with Gasteiger partial charge in [-0.05, 0) is 18.8 Å². The van der Waals surface area contributed by atoms with Crippen molar-refractivity contribution in [1.82, 2.24) is 5.32 Å². The van der Waals surface area contributed by atoms with Crippen LogP contribution in [0.15, 0.2) is 12.2 Å². The third-order valence-electron chi connectivity index (χ3n) is 2.33. The summed E-state index contributed by atoms with van der Waals surface area (Å²) in [5.41, 5.74) is 0. The van der Waals surface area contributed by atoms with Gasteiger partial charge in [0.2, 0.25) is 5.91 Å². The maximum Gasteiger partial charge on any atom is 0.223 e. The predicted molar refractivity (Wildman–Crippen MR) is 45.1 cm³/mol. The molecule has 2 atom stereocenters. The molecule has 11 heavy (non-hydrogen) atoms. The van der Waals surface area contributed by atoms with Gasteiger partial charge in [-0.2, -0.15) is 0 Å². The lowest BCUT2D eigenvalue weighted by atomic mass is 9.84. The van der Waals surface area contributed by atoms with E-state index in [-0.39, 0.29) is 11.8 Å². The molecule has 0 radical (unpaired) electrons. The van der Waals surface area contributed by atoms with E-state index in [2.05, 4.69) is 24.4 Å². The molecular formula is C9H15NO. The molecule has 1 amide bonds. The Hall–Kier alpha value is -0.790. The van der Waals surface area contributed by atoms with Crippen LogP contribution in [0.3, 0.4) is 0 Å². The van der Waals surface area contributed by atoms with Crippen LogP contribution in [-0.2, 0) is 4.79 Å². The lowest BCUT2D eigenvalue weighted by Crippen LogP contribution is -2.32. The van der Waals surface area contributed by atoms with Crippen molar-refractivity contribution in [1.29, 1.82) is 0 Å². The molecule has 0 aliphatic heterocycles. The van der Waals surface area contributed by atoms with E-state index in [1.807, 2.05) is 0 Å². The van der Waals surface area contributed by atoms with Crippen LogP contribution < -0.4 is 5.32 Å². The summed E-state index contributed by atoms with van der Waals surface area (Å²) in [6.07, 6.45) is 6.20. The van der Waals surface area contributed by atoms with Gasteiger partial charge in [-0.15, -0.1) is 0 Å². The van der Waals surface area contributed by atoms with E-state index in [1.54, 1.807) is 7.05 Å². The molecule has 62 valence electrons. The fourth-order valence-electron chi connectivity index (χ4n) is 1.50. The van der Waals surface area contributed by atoms with Crippen LogP contribution in [0.1, 0.15) is 19.8 Å². The van der Waals surface area contributed by atoms with E-state index >= 15 is 0 Å². The minimum absolute atomic E-state index is 0.182. The molecule has 0 saturated heterocycles. The molecule has 1 N–H and O–H groups in total. The summed E-state index contributed by atoms with van der Waals surface area (Å²) in [6, 6.07) is 0. The molecule has 1 rings (SSSR count). The van der Waals surface area contributed by atoms with Gasteiger partial charge in [0.05, 0.1) is 0 Å². The van der Waals surface area contributed by atoms with E-state index in [0.29, 0.717) is 5.92 Å². The van der Waals surface area contributed by atoms with Crippen LogP contribution >= 0.6 is 0 Å². The molecule has 0 heterocycles. The quantitative estimate of drug-likeness (QED) is 0.566. The molecule has 1 aliphatic carbocycles. The average Bonchev–Trinajstić information content (AvgIpc) is 2.04. The SMILES string of the molecule is CNC(=O)[C@@H]1CC=CC[C@@H]1C. The number of carbonyl (C=O) groups excluding carboxylic acids is 1. The van der Waals surface area contributed by atoms with Crippen molar-refractivity contribution in [3.63, 3.8) is 0 Å². The molecule has 0 aromatic rings. The third kappa shape index (κ3) is 1.82. The smallest absolute Gasteiger partial charge is 0.223 e. The second-order valence-electron chi connectivity index (χ2n) is 3.14. The predicted octanol–water partition coefficient (Wildman–Crippen LogP) is 1.33. The topological polar surface area (TPSA) is 29.1 Å². The van der Waals surface area contributed by atoms with Crippen LogP contribution in [0.25, 0.3) is 0 Å². The largest absolute Gasteiger partial charge is 0.359 e. The average molecular weight is 153 g/mol. The van der Waals surface area contributed by atoms with E-state index in [9.17, 15) is 4.79 Å². The monoisotopic (exact) mass is 153 g/mol. The Morgan fingerprint density at radius 2 is 2.09 bits per heavy atom. The Kier molecular flexibility index (Phi) is 2.69. The van der Waals surface area contributed by atoms with Gasteiger partial charge in [0.25, 0.3) is 0 Å². The van der Waals surface area contributed by atoms with Crippen molar-refractivity contribution in [3.05, 3.63) is 12.2 Å². The molecule has 0 aromatic carbocycles. The molecular weight excluding hydrogens is 138 g/mol. The first-order valence-electron chi connectivity index (χ1n) is 4.12. The summed E-state index contributed by atoms with van der Waals surface area (Å²) in [7, 11) is 1.70. The van der Waals surface area contributed by atoms with Crippen LogP contribution in [0.4, 0.5) is 0 Å². The van der Waals surface area contributed by atoms with E-state index < -0.39 is 0 Å². The maximum atomic E-state index is 11.2. The Labute approximate surface area is 67.7 Å². The zero-order valence-electron chi connectivity index (χ0n) is 7.13. The van der Waals surface area contributed by atoms with Gasteiger partial charge in [-0.25, -0.2) is 0 Å². The summed E-state index contributed by atoms with van der Waals surface area (Å²) < 4.78 is 0. The van der Waals surface area contributed by atoms with Gasteiger partial charge in [0.1, 0.15) is 0 Å². The Morgan fingerprint density at radius 3 is 2.64 bits per heavy atom. The molecule has 0 unspecified atom stereocenters. The fraction of sp³-hybridized carbons (Fsp3) is 0.667. The van der Waals surface area contributed by atoms with Gasteiger partial charge in [0.15, 0.2) is 0 Å². The van der Waals surface area contributed by atoms with Gasteiger partial charge in [0, 0.05) is 13.0 Å². The molecule has 0 spiro atoms. The first-order chi connectivity index (χ1) is 5.25. The second kappa shape index (κ2) is 3.56. The zero-order chi connectivity index (χ0) is 8.27. The van der Waals surface area contributed by atoms with Crippen molar-refractivity contribution >= 4 is 5.91 Å². The van der Waals surface area contributed by atoms with Crippen molar-refractivity contribution in [2.24, 2.45) is 11.8 Å². The lowest BCUT2D eigenvalue weighted by molar-refractivity contribution is -0.126. The molecule has 0 bridgehead atoms. The minimum Gasteiger partial charge on any atom is -0.359 e. The molecule has 0 aromatic heterocycles. The summed E-state index contributed by atoms with van der Waals surface area (Å²) in [5.74, 6) is 0.881. The van der Waals surface area contributed by atoms with Gasteiger partial charge in [-0.1, -0.05) is 19.1 Å². The summed E-state index contributed by atoms with van der Waals surface area (Å²) in [5, 5.41) is 2.69. The normalized spacial score (nSPS) is 30.0. The minimum atomic E-state index is 0.182. The number of rotatable bonds is 1. The Balaban J connectivity index is 2.56. The van der Waals surface area contributed by atoms with Crippen molar-refractivity contribution in [2.45, 2.75) is 19.8 Å².